The Kier molecular flexibility index (Phi) is 10.6. The topological polar surface area (TPSA) is 13.1 Å². The Morgan fingerprint density at radius 2 is 0.576 bits per heavy atom. The smallest absolute Gasteiger partial charge is 0.143 e. The Morgan fingerprint density at radius 3 is 1.06 bits per heavy atom. The lowest BCUT2D eigenvalue weighted by Crippen LogP contribution is -2.51. The molecule has 10 rings (SSSR count). The van der Waals surface area contributed by atoms with E-state index >= 15 is 0 Å². The molecule has 0 aliphatic heterocycles. The van der Waals surface area contributed by atoms with E-state index < -0.39 is 0 Å². The third-order valence-corrected chi connectivity index (χ3v) is 18.0. The lowest BCUT2D eigenvalue weighted by atomic mass is 9.56. The fraction of sp³-hybridized carbons (Fsp3) is 0. The molecule has 0 amide bonds. The predicted molar refractivity (Wildman–Crippen MR) is 355 cm³/mol. The van der Waals surface area contributed by atoms with Crippen molar-refractivity contribution in [1.29, 1.82) is 0 Å². The van der Waals surface area contributed by atoms with Crippen LogP contribution in [-0.4, -0.2) is 149 Å². The van der Waals surface area contributed by atoms with E-state index in [1.807, 2.05) is 0 Å². The largest absolute Gasteiger partial charge is 0.456 e. The standard InChI is InChI=1S/C46H47B19O/c47-26-17-15(14-9-10-5-1-2-6-11(10)12-7-3-4-8-13(12)14)18-20(29(50)41(62)39(60)27(18)48)16(19(17)28(49)40(61)38(26)59)21-30(51)32(53)22(33(54)31(21)52)23-34(55)37(58)35(56)24-25-36(57)42(63)43(64)44(65)46(25)66-45(23)24/h1-9H,47-65H2. The molecule has 0 saturated heterocycles. The van der Waals surface area contributed by atoms with Crippen LogP contribution in [0, 0.1) is 0 Å². The second-order valence-electron chi connectivity index (χ2n) is 20.5. The molecular formula is C46H47B19O. The highest BCUT2D eigenvalue weighted by molar-refractivity contribution is 6.74. The van der Waals surface area contributed by atoms with Gasteiger partial charge in [0.2, 0.25) is 0 Å². The summed E-state index contributed by atoms with van der Waals surface area (Å²) in [5, 5.41) is 13.3. The number of benzene rings is 9. The van der Waals surface area contributed by atoms with E-state index in [-0.39, 0.29) is 0 Å². The minimum absolute atomic E-state index is 1.03. The van der Waals surface area contributed by atoms with Crippen LogP contribution in [0.25, 0.3) is 98.4 Å². The zero-order chi connectivity index (χ0) is 47.4. The fourth-order valence-corrected chi connectivity index (χ4v) is 12.6. The number of fused-ring (bicyclic) bond motifs is 8. The van der Waals surface area contributed by atoms with Crippen molar-refractivity contribution in [1.82, 2.24) is 0 Å². The molecule has 0 aliphatic carbocycles. The maximum Gasteiger partial charge on any atom is 0.143 e. The van der Waals surface area contributed by atoms with Gasteiger partial charge in [-0.3, -0.25) is 0 Å². The van der Waals surface area contributed by atoms with Gasteiger partial charge in [0.15, 0.2) is 0 Å². The van der Waals surface area contributed by atoms with Crippen LogP contribution in [0.4, 0.5) is 0 Å². The van der Waals surface area contributed by atoms with Crippen LogP contribution in [0.5, 0.6) is 0 Å². The van der Waals surface area contributed by atoms with Crippen LogP contribution >= 0.6 is 0 Å². The Labute approximate surface area is 407 Å². The second-order valence-corrected chi connectivity index (χ2v) is 20.5. The van der Waals surface area contributed by atoms with Crippen molar-refractivity contribution < 1.29 is 4.42 Å². The minimum Gasteiger partial charge on any atom is -0.456 e. The van der Waals surface area contributed by atoms with E-state index in [0.29, 0.717) is 0 Å². The Morgan fingerprint density at radius 1 is 0.242 bits per heavy atom. The summed E-state index contributed by atoms with van der Waals surface area (Å²) in [6.45, 7) is 0. The molecule has 1 aromatic heterocycles. The molecule has 1 heterocycles. The maximum atomic E-state index is 7.24. The van der Waals surface area contributed by atoms with Crippen LogP contribution in [0.1, 0.15) is 0 Å². The quantitative estimate of drug-likeness (QED) is 0.0983. The van der Waals surface area contributed by atoms with E-state index in [4.69, 9.17) is 4.42 Å². The zero-order valence-electron chi connectivity index (χ0n) is 43.1. The lowest BCUT2D eigenvalue weighted by molar-refractivity contribution is 0.673. The van der Waals surface area contributed by atoms with Gasteiger partial charge in [-0.2, -0.15) is 0 Å². The molecule has 294 valence electrons. The van der Waals surface area contributed by atoms with Crippen LogP contribution < -0.4 is 104 Å². The monoisotopic (exact) mass is 825 g/mol. The summed E-state index contributed by atoms with van der Waals surface area (Å²) in [5.74, 6) is 0. The van der Waals surface area contributed by atoms with Gasteiger partial charge in [0, 0.05) is 16.3 Å². The van der Waals surface area contributed by atoms with Gasteiger partial charge < -0.3 is 4.42 Å². The molecule has 66 heavy (non-hydrogen) atoms. The van der Waals surface area contributed by atoms with Crippen molar-refractivity contribution in [3.05, 3.63) is 54.6 Å². The minimum atomic E-state index is 1.03. The van der Waals surface area contributed by atoms with E-state index in [1.165, 1.54) is 191 Å². The van der Waals surface area contributed by atoms with Crippen molar-refractivity contribution in [2.75, 3.05) is 0 Å². The van der Waals surface area contributed by atoms with Gasteiger partial charge in [-0.25, -0.2) is 0 Å². The molecular weight excluding hydrogens is 774 g/mol. The number of rotatable bonds is 3. The summed E-state index contributed by atoms with van der Waals surface area (Å²) in [6.07, 6.45) is 0. The summed E-state index contributed by atoms with van der Waals surface area (Å²) in [7, 11) is 44.5. The second kappa shape index (κ2) is 15.5. The molecule has 0 bridgehead atoms. The van der Waals surface area contributed by atoms with Crippen LogP contribution in [-0.2, 0) is 0 Å². The lowest BCUT2D eigenvalue weighted by Gasteiger charge is -2.31. The molecule has 0 unspecified atom stereocenters. The molecule has 1 nitrogen and oxygen atoms in total. The van der Waals surface area contributed by atoms with E-state index in [9.17, 15) is 0 Å². The summed E-state index contributed by atoms with van der Waals surface area (Å²) >= 11 is 0. The Balaban J connectivity index is 1.43. The van der Waals surface area contributed by atoms with Gasteiger partial charge >= 0.3 is 0 Å². The number of hydrogen-bond acceptors (Lipinski definition) is 1. The summed E-state index contributed by atoms with van der Waals surface area (Å²) in [4.78, 5) is 0. The summed E-state index contributed by atoms with van der Waals surface area (Å²) in [5.41, 5.74) is 35.6. The first-order valence-corrected chi connectivity index (χ1v) is 24.1. The van der Waals surface area contributed by atoms with Crippen molar-refractivity contribution in [3.63, 3.8) is 0 Å². The van der Waals surface area contributed by atoms with E-state index in [0.717, 1.165) is 11.2 Å². The van der Waals surface area contributed by atoms with Crippen molar-refractivity contribution in [3.8, 4) is 33.4 Å². The van der Waals surface area contributed by atoms with Gasteiger partial charge in [0.1, 0.15) is 160 Å². The van der Waals surface area contributed by atoms with Crippen LogP contribution in [0.3, 0.4) is 0 Å². The first kappa shape index (κ1) is 44.9. The van der Waals surface area contributed by atoms with E-state index in [1.54, 1.807) is 0 Å². The van der Waals surface area contributed by atoms with Crippen molar-refractivity contribution in [2.45, 2.75) is 0 Å². The molecule has 0 N–H and O–H groups in total. The van der Waals surface area contributed by atoms with E-state index in [2.05, 4.69) is 204 Å². The molecule has 0 atom stereocenters. The zero-order valence-corrected chi connectivity index (χ0v) is 43.1. The van der Waals surface area contributed by atoms with Gasteiger partial charge in [-0.1, -0.05) is 125 Å². The van der Waals surface area contributed by atoms with Gasteiger partial charge in [-0.15, -0.1) is 27.3 Å². The van der Waals surface area contributed by atoms with Crippen LogP contribution in [0.15, 0.2) is 59.0 Å². The molecule has 20 heteroatoms. The third-order valence-electron chi connectivity index (χ3n) is 18.0. The average molecular weight is 821 g/mol. The Hall–Kier alpha value is -4.95. The van der Waals surface area contributed by atoms with Crippen LogP contribution in [0.2, 0.25) is 0 Å². The molecule has 0 spiro atoms. The number of furan rings is 1. The molecule has 0 radical (unpaired) electrons. The highest BCUT2D eigenvalue weighted by Gasteiger charge is 2.30. The van der Waals surface area contributed by atoms with Gasteiger partial charge in [0.25, 0.3) is 0 Å². The summed E-state index contributed by atoms with van der Waals surface area (Å²) < 4.78 is 7.24. The molecule has 9 aromatic carbocycles. The fourth-order valence-electron chi connectivity index (χ4n) is 12.6. The molecule has 0 saturated carbocycles. The highest BCUT2D eigenvalue weighted by atomic mass is 16.3. The molecule has 10 aromatic rings. The van der Waals surface area contributed by atoms with Gasteiger partial charge in [-0.05, 0) is 77.0 Å². The van der Waals surface area contributed by atoms with Crippen molar-refractivity contribution >= 4 is 318 Å². The molecule has 0 fully saturated rings. The Bertz CT molecular complexity index is 3820. The predicted octanol–water partition coefficient (Wildman–Crippen LogP) is -19.9. The highest BCUT2D eigenvalue weighted by Crippen LogP contribution is 2.44. The number of hydrogen-bond donors (Lipinski definition) is 0. The SMILES string of the molecule is Bc1c(B)c(-c2c3c(B)c(B)c(B)c(B)c3c(-c3cc4ccccc4c4ccccc34)c3c(B)c(B)c(B)c(B)c23)c(B)c(B)c1-c1c(B)c(B)c(B)c2c1oc1c(B)c(B)c(B)c(B)c12. The summed E-state index contributed by atoms with van der Waals surface area (Å²) in [6, 6.07) is 20.5. The maximum absolute atomic E-state index is 7.24. The van der Waals surface area contributed by atoms with Gasteiger partial charge in [0.05, 0.1) is 0 Å². The van der Waals surface area contributed by atoms with Crippen molar-refractivity contribution in [2.24, 2.45) is 0 Å². The molecule has 0 aliphatic rings. The first-order chi connectivity index (χ1) is 31.2. The first-order valence-electron chi connectivity index (χ1n) is 24.1. The average Bonchev–Trinajstić information content (AvgIpc) is 3.72. The third kappa shape index (κ3) is 5.81. The normalized spacial score (nSPS) is 11.9.